The van der Waals surface area contributed by atoms with Crippen LogP contribution in [0, 0.1) is 0 Å². The third kappa shape index (κ3) is 4.73. The first-order valence-electron chi connectivity index (χ1n) is 19.6. The van der Waals surface area contributed by atoms with Gasteiger partial charge >= 0.3 is 0 Å². The minimum absolute atomic E-state index is 0.503. The molecule has 0 saturated carbocycles. The molecule has 1 aliphatic heterocycles. The fourth-order valence-electron chi connectivity index (χ4n) is 9.74. The molecule has 0 fully saturated rings. The molecule has 3 nitrogen and oxygen atoms in total. The van der Waals surface area contributed by atoms with Crippen molar-refractivity contribution in [3.05, 3.63) is 221 Å². The maximum atomic E-state index is 6.89. The first kappa shape index (κ1) is 31.9. The zero-order valence-electron chi connectivity index (χ0n) is 31.0. The number of ether oxygens (including phenoxy) is 1. The predicted molar refractivity (Wildman–Crippen MR) is 231 cm³/mol. The minimum Gasteiger partial charge on any atom is -0.457 e. The number of hydrogen-bond acceptors (Lipinski definition) is 3. The van der Waals surface area contributed by atoms with Gasteiger partial charge in [0.25, 0.3) is 0 Å². The quantitative estimate of drug-likeness (QED) is 0.181. The first-order chi connectivity index (χ1) is 28.2. The molecule has 9 aromatic rings. The lowest BCUT2D eigenvalue weighted by Crippen LogP contribution is -2.32. The van der Waals surface area contributed by atoms with Crippen LogP contribution in [-0.2, 0) is 11.8 Å². The van der Waals surface area contributed by atoms with Gasteiger partial charge in [-0.3, -0.25) is 0 Å². The fourth-order valence-corrected chi connectivity index (χ4v) is 9.74. The van der Waals surface area contributed by atoms with Crippen LogP contribution in [0.15, 0.2) is 188 Å². The zero-order valence-corrected chi connectivity index (χ0v) is 31.0. The third-order valence-electron chi connectivity index (χ3n) is 12.1. The molecule has 3 aliphatic rings. The Morgan fingerprint density at radius 3 is 1.91 bits per heavy atom. The second-order valence-corrected chi connectivity index (χ2v) is 15.2. The summed E-state index contributed by atoms with van der Waals surface area (Å²) < 4.78 is 6.89. The average molecular weight is 727 g/mol. The summed E-state index contributed by atoms with van der Waals surface area (Å²) in [6, 6.07) is 65.2. The molecule has 0 bridgehead atoms. The topological polar surface area (TPSA) is 35.0 Å². The molecule has 2 aliphatic carbocycles. The molecule has 3 heteroatoms. The van der Waals surface area contributed by atoms with Crippen molar-refractivity contribution < 1.29 is 4.74 Å². The van der Waals surface area contributed by atoms with E-state index in [4.69, 9.17) is 14.7 Å². The van der Waals surface area contributed by atoms with E-state index in [1.54, 1.807) is 0 Å². The van der Waals surface area contributed by atoms with Gasteiger partial charge < -0.3 is 4.74 Å². The van der Waals surface area contributed by atoms with Gasteiger partial charge in [-0.15, -0.1) is 0 Å². The van der Waals surface area contributed by atoms with Gasteiger partial charge in [0.1, 0.15) is 11.5 Å². The van der Waals surface area contributed by atoms with Crippen molar-refractivity contribution in [1.82, 2.24) is 9.97 Å². The van der Waals surface area contributed by atoms with Crippen molar-refractivity contribution in [2.75, 3.05) is 0 Å². The van der Waals surface area contributed by atoms with Gasteiger partial charge in [0.15, 0.2) is 5.82 Å². The van der Waals surface area contributed by atoms with Crippen LogP contribution in [0.2, 0.25) is 0 Å². The molecule has 0 radical (unpaired) electrons. The predicted octanol–water partition coefficient (Wildman–Crippen LogP) is 13.3. The summed E-state index contributed by atoms with van der Waals surface area (Å²) in [5.41, 5.74) is 16.5. The number of para-hydroxylation sites is 1. The summed E-state index contributed by atoms with van der Waals surface area (Å²) in [5, 5.41) is 2.56. The summed E-state index contributed by atoms with van der Waals surface area (Å²) in [6.07, 6.45) is 5.46. The van der Waals surface area contributed by atoms with Crippen LogP contribution in [-0.4, -0.2) is 9.97 Å². The van der Waals surface area contributed by atoms with Crippen LogP contribution in [0.4, 0.5) is 0 Å². The molecule has 266 valence electrons. The molecule has 12 rings (SSSR count). The summed E-state index contributed by atoms with van der Waals surface area (Å²) in [4.78, 5) is 10.5. The van der Waals surface area contributed by atoms with Crippen LogP contribution < -0.4 is 4.74 Å². The molecule has 57 heavy (non-hydrogen) atoms. The lowest BCUT2D eigenvalue weighted by Gasteiger charge is -2.39. The molecule has 0 saturated heterocycles. The Labute approximate surface area is 331 Å². The Balaban J connectivity index is 1.05. The van der Waals surface area contributed by atoms with E-state index in [0.717, 1.165) is 62.7 Å². The molecule has 8 aromatic carbocycles. The molecule has 1 aromatic heterocycles. The minimum atomic E-state index is -0.503. The average Bonchev–Trinajstić information content (AvgIpc) is 3.57. The summed E-state index contributed by atoms with van der Waals surface area (Å²) >= 11 is 0. The van der Waals surface area contributed by atoms with E-state index < -0.39 is 5.41 Å². The first-order valence-corrected chi connectivity index (χ1v) is 19.6. The van der Waals surface area contributed by atoms with Gasteiger partial charge in [0, 0.05) is 27.8 Å². The Kier molecular flexibility index (Phi) is 6.91. The van der Waals surface area contributed by atoms with Crippen molar-refractivity contribution in [1.29, 1.82) is 0 Å². The molecule has 1 spiro atoms. The zero-order chi connectivity index (χ0) is 37.5. The maximum Gasteiger partial charge on any atom is 0.160 e. The lowest BCUT2D eigenvalue weighted by molar-refractivity contribution is 0.436. The largest absolute Gasteiger partial charge is 0.457 e. The number of aromatic nitrogens is 2. The van der Waals surface area contributed by atoms with E-state index in [9.17, 15) is 0 Å². The Morgan fingerprint density at radius 2 is 1.11 bits per heavy atom. The van der Waals surface area contributed by atoms with Gasteiger partial charge in [0.05, 0.1) is 16.8 Å². The SMILES string of the molecule is C1=Cc2cc(-c3cc(-c4ccccc4-c4ccc5c(c4)Oc4ccccc4C54c5ccccc5-c5ccccc54)nc(-c4ccccc4)n3)cc3cccc(c23)C1. The Morgan fingerprint density at radius 1 is 0.439 bits per heavy atom. The van der Waals surface area contributed by atoms with Gasteiger partial charge in [-0.25, -0.2) is 9.97 Å². The number of benzene rings is 8. The monoisotopic (exact) mass is 726 g/mol. The summed E-state index contributed by atoms with van der Waals surface area (Å²) in [7, 11) is 0. The van der Waals surface area contributed by atoms with E-state index in [-0.39, 0.29) is 0 Å². The maximum absolute atomic E-state index is 6.89. The standard InChI is InChI=1S/C54H34N2O/c1-2-14-35(15-3-1)53-55-48(39-30-37-18-12-16-34-17-13-19-38(31-39)52(34)37)33-49(56-53)43-23-5-4-20-40(43)36-28-29-47-51(32-36)57-50-27-11-10-26-46(50)54(47)44-24-8-6-21-41(44)42-22-7-9-25-45(42)54/h1-16,18-33H,17H2. The number of hydrogen-bond donors (Lipinski definition) is 0. The van der Waals surface area contributed by atoms with Crippen molar-refractivity contribution in [3.63, 3.8) is 0 Å². The van der Waals surface area contributed by atoms with Crippen LogP contribution >= 0.6 is 0 Å². The van der Waals surface area contributed by atoms with Crippen LogP contribution in [0.5, 0.6) is 11.5 Å². The second-order valence-electron chi connectivity index (χ2n) is 15.2. The van der Waals surface area contributed by atoms with E-state index in [1.807, 2.05) is 18.2 Å². The van der Waals surface area contributed by atoms with E-state index in [1.165, 1.54) is 49.7 Å². The molecular formula is C54H34N2O. The second kappa shape index (κ2) is 12.3. The van der Waals surface area contributed by atoms with Crippen molar-refractivity contribution >= 4 is 16.8 Å². The van der Waals surface area contributed by atoms with Crippen LogP contribution in [0.1, 0.15) is 33.4 Å². The number of rotatable bonds is 4. The van der Waals surface area contributed by atoms with Gasteiger partial charge in [-0.05, 0) is 92.0 Å². The van der Waals surface area contributed by atoms with Gasteiger partial charge in [-0.2, -0.15) is 0 Å². The Bertz CT molecular complexity index is 3100. The van der Waals surface area contributed by atoms with Crippen LogP contribution in [0.25, 0.3) is 73.0 Å². The summed E-state index contributed by atoms with van der Waals surface area (Å²) in [6.45, 7) is 0. The van der Waals surface area contributed by atoms with Gasteiger partial charge in [-0.1, -0.05) is 164 Å². The molecule has 0 N–H and O–H groups in total. The highest BCUT2D eigenvalue weighted by molar-refractivity contribution is 5.98. The molecular weight excluding hydrogens is 693 g/mol. The van der Waals surface area contributed by atoms with E-state index >= 15 is 0 Å². The van der Waals surface area contributed by atoms with Crippen LogP contribution in [0.3, 0.4) is 0 Å². The van der Waals surface area contributed by atoms with E-state index in [2.05, 4.69) is 176 Å². The van der Waals surface area contributed by atoms with Crippen molar-refractivity contribution in [3.8, 4) is 67.7 Å². The normalized spacial score (nSPS) is 13.8. The lowest BCUT2D eigenvalue weighted by atomic mass is 9.66. The highest BCUT2D eigenvalue weighted by Crippen LogP contribution is 2.62. The number of fused-ring (bicyclic) bond motifs is 9. The number of nitrogens with zero attached hydrogens (tertiary/aromatic N) is 2. The highest BCUT2D eigenvalue weighted by Gasteiger charge is 2.50. The molecule has 0 atom stereocenters. The smallest absolute Gasteiger partial charge is 0.160 e. The summed E-state index contributed by atoms with van der Waals surface area (Å²) in [5.74, 6) is 2.44. The highest BCUT2D eigenvalue weighted by atomic mass is 16.5. The third-order valence-corrected chi connectivity index (χ3v) is 12.1. The van der Waals surface area contributed by atoms with E-state index in [0.29, 0.717) is 5.82 Å². The van der Waals surface area contributed by atoms with Crippen molar-refractivity contribution in [2.45, 2.75) is 11.8 Å². The van der Waals surface area contributed by atoms with Crippen molar-refractivity contribution in [2.24, 2.45) is 0 Å². The fraction of sp³-hybridized carbons (Fsp3) is 0.0370. The van der Waals surface area contributed by atoms with Gasteiger partial charge in [0.2, 0.25) is 0 Å². The molecule has 2 heterocycles. The molecule has 0 amide bonds. The Hall–Kier alpha value is -7.36. The number of allylic oxidation sites excluding steroid dienone is 1. The molecule has 0 unspecified atom stereocenters.